The fourth-order valence-corrected chi connectivity index (χ4v) is 4.14. The Bertz CT molecular complexity index is 558. The molecule has 1 heterocycles. The zero-order chi connectivity index (χ0) is 13.5. The number of sulfone groups is 1. The van der Waals surface area contributed by atoms with E-state index in [1.807, 2.05) is 12.1 Å². The Hall–Kier alpha value is -0.870. The Labute approximate surface area is 115 Å². The van der Waals surface area contributed by atoms with E-state index in [1.165, 1.54) is 44.2 Å². The lowest BCUT2D eigenvalue weighted by atomic mass is 9.79. The highest BCUT2D eigenvalue weighted by atomic mass is 32.2. The number of hydrogen-bond acceptors (Lipinski definition) is 3. The van der Waals surface area contributed by atoms with Gasteiger partial charge in [0.1, 0.15) is 0 Å². The van der Waals surface area contributed by atoms with Crippen LogP contribution in [-0.4, -0.2) is 27.8 Å². The van der Waals surface area contributed by atoms with Crippen LogP contribution in [0.1, 0.15) is 24.8 Å². The Balaban J connectivity index is 1.64. The standard InChI is InChI=1S/C15H21NO2S/c1-19(17,18)14-4-2-12(3-5-14)8-13-6-7-15(9-13)10-16-11-15/h2-5,13,16H,6-11H2,1H3. The maximum Gasteiger partial charge on any atom is 0.175 e. The molecular weight excluding hydrogens is 258 g/mol. The Morgan fingerprint density at radius 1 is 1.26 bits per heavy atom. The molecule has 104 valence electrons. The van der Waals surface area contributed by atoms with Gasteiger partial charge in [-0.25, -0.2) is 8.42 Å². The van der Waals surface area contributed by atoms with Crippen LogP contribution in [0.5, 0.6) is 0 Å². The van der Waals surface area contributed by atoms with E-state index in [9.17, 15) is 8.42 Å². The highest BCUT2D eigenvalue weighted by molar-refractivity contribution is 7.90. The average molecular weight is 279 g/mol. The first-order chi connectivity index (χ1) is 8.97. The Morgan fingerprint density at radius 3 is 2.42 bits per heavy atom. The predicted octanol–water partition coefficient (Wildman–Crippen LogP) is 2.02. The first-order valence-electron chi connectivity index (χ1n) is 6.97. The molecule has 4 heteroatoms. The van der Waals surface area contributed by atoms with Crippen molar-refractivity contribution >= 4 is 9.84 Å². The molecule has 3 rings (SSSR count). The number of nitrogens with one attached hydrogen (secondary N) is 1. The lowest BCUT2D eigenvalue weighted by molar-refractivity contribution is 0.170. The predicted molar refractivity (Wildman–Crippen MR) is 75.9 cm³/mol. The van der Waals surface area contributed by atoms with Crippen LogP contribution in [0.2, 0.25) is 0 Å². The molecule has 1 aromatic rings. The highest BCUT2D eigenvalue weighted by Crippen LogP contribution is 2.45. The van der Waals surface area contributed by atoms with Crippen molar-refractivity contribution in [2.24, 2.45) is 11.3 Å². The fraction of sp³-hybridized carbons (Fsp3) is 0.600. The molecule has 2 fully saturated rings. The van der Waals surface area contributed by atoms with Crippen molar-refractivity contribution < 1.29 is 8.42 Å². The molecule has 3 nitrogen and oxygen atoms in total. The summed E-state index contributed by atoms with van der Waals surface area (Å²) in [5.41, 5.74) is 1.86. The lowest BCUT2D eigenvalue weighted by Gasteiger charge is -2.39. The smallest absolute Gasteiger partial charge is 0.175 e. The monoisotopic (exact) mass is 279 g/mol. The molecule has 1 N–H and O–H groups in total. The van der Waals surface area contributed by atoms with Crippen LogP contribution in [0, 0.1) is 11.3 Å². The summed E-state index contributed by atoms with van der Waals surface area (Å²) in [6, 6.07) is 7.42. The highest BCUT2D eigenvalue weighted by Gasteiger charge is 2.43. The zero-order valence-electron chi connectivity index (χ0n) is 11.4. The van der Waals surface area contributed by atoms with Crippen molar-refractivity contribution in [3.05, 3.63) is 29.8 Å². The van der Waals surface area contributed by atoms with Crippen LogP contribution in [-0.2, 0) is 16.3 Å². The molecular formula is C15H21NO2S. The first-order valence-corrected chi connectivity index (χ1v) is 8.86. The van der Waals surface area contributed by atoms with E-state index in [4.69, 9.17) is 0 Å². The lowest BCUT2D eigenvalue weighted by Crippen LogP contribution is -2.51. The molecule has 1 aromatic carbocycles. The molecule has 1 aliphatic heterocycles. The van der Waals surface area contributed by atoms with Gasteiger partial charge in [-0.15, -0.1) is 0 Å². The van der Waals surface area contributed by atoms with E-state index in [-0.39, 0.29) is 0 Å². The summed E-state index contributed by atoms with van der Waals surface area (Å²) >= 11 is 0. The first kappa shape index (κ1) is 13.1. The molecule has 0 aromatic heterocycles. The second kappa shape index (κ2) is 4.60. The molecule has 1 saturated carbocycles. The van der Waals surface area contributed by atoms with E-state index >= 15 is 0 Å². The molecule has 19 heavy (non-hydrogen) atoms. The second-order valence-electron chi connectivity index (χ2n) is 6.33. The van der Waals surface area contributed by atoms with Crippen LogP contribution in [0.25, 0.3) is 0 Å². The van der Waals surface area contributed by atoms with Crippen LogP contribution in [0.3, 0.4) is 0 Å². The average Bonchev–Trinajstić information content (AvgIpc) is 2.73. The maximum atomic E-state index is 11.4. The number of hydrogen-bond donors (Lipinski definition) is 1. The topological polar surface area (TPSA) is 46.2 Å². The quantitative estimate of drug-likeness (QED) is 0.921. The van der Waals surface area contributed by atoms with Crippen molar-refractivity contribution in [2.75, 3.05) is 19.3 Å². The number of rotatable bonds is 3. The molecule has 1 saturated heterocycles. The van der Waals surface area contributed by atoms with E-state index in [2.05, 4.69) is 5.32 Å². The molecule has 1 spiro atoms. The van der Waals surface area contributed by atoms with Crippen LogP contribution < -0.4 is 5.32 Å². The van der Waals surface area contributed by atoms with Gasteiger partial charge in [-0.1, -0.05) is 12.1 Å². The minimum atomic E-state index is -3.07. The summed E-state index contributed by atoms with van der Waals surface area (Å²) in [4.78, 5) is 0.419. The van der Waals surface area contributed by atoms with Crippen molar-refractivity contribution in [3.63, 3.8) is 0 Å². The van der Waals surface area contributed by atoms with Gasteiger partial charge in [-0.3, -0.25) is 0 Å². The third kappa shape index (κ3) is 2.70. The van der Waals surface area contributed by atoms with E-state index in [1.54, 1.807) is 12.1 Å². The van der Waals surface area contributed by atoms with Gasteiger partial charge in [0.2, 0.25) is 0 Å². The van der Waals surface area contributed by atoms with Crippen molar-refractivity contribution in [3.8, 4) is 0 Å². The van der Waals surface area contributed by atoms with Crippen LogP contribution in [0.4, 0.5) is 0 Å². The summed E-state index contributed by atoms with van der Waals surface area (Å²) in [5, 5.41) is 3.39. The normalized spacial score (nSPS) is 25.4. The summed E-state index contributed by atoms with van der Waals surface area (Å²) in [6.07, 6.45) is 6.34. The van der Waals surface area contributed by atoms with Gasteiger partial charge in [0, 0.05) is 19.3 Å². The van der Waals surface area contributed by atoms with Crippen molar-refractivity contribution in [1.29, 1.82) is 0 Å². The Kier molecular flexibility index (Phi) is 3.18. The Morgan fingerprint density at radius 2 is 1.95 bits per heavy atom. The van der Waals surface area contributed by atoms with Gasteiger partial charge < -0.3 is 5.32 Å². The summed E-state index contributed by atoms with van der Waals surface area (Å²) in [6.45, 7) is 2.38. The molecule has 1 aliphatic carbocycles. The molecule has 0 bridgehead atoms. The summed E-state index contributed by atoms with van der Waals surface area (Å²) < 4.78 is 22.8. The minimum absolute atomic E-state index is 0.419. The minimum Gasteiger partial charge on any atom is -0.316 e. The molecule has 1 unspecified atom stereocenters. The molecule has 0 amide bonds. The third-order valence-corrected chi connectivity index (χ3v) is 5.81. The number of benzene rings is 1. The maximum absolute atomic E-state index is 11.4. The van der Waals surface area contributed by atoms with Gasteiger partial charge in [0.25, 0.3) is 0 Å². The van der Waals surface area contributed by atoms with Crippen molar-refractivity contribution in [2.45, 2.75) is 30.6 Å². The van der Waals surface area contributed by atoms with Gasteiger partial charge in [0.05, 0.1) is 4.90 Å². The van der Waals surface area contributed by atoms with E-state index in [0.717, 1.165) is 12.3 Å². The van der Waals surface area contributed by atoms with E-state index in [0.29, 0.717) is 10.3 Å². The van der Waals surface area contributed by atoms with Gasteiger partial charge in [-0.2, -0.15) is 0 Å². The summed E-state index contributed by atoms with van der Waals surface area (Å²) in [7, 11) is -3.07. The van der Waals surface area contributed by atoms with Gasteiger partial charge >= 0.3 is 0 Å². The largest absolute Gasteiger partial charge is 0.316 e. The van der Waals surface area contributed by atoms with Crippen LogP contribution >= 0.6 is 0 Å². The fourth-order valence-electron chi connectivity index (χ4n) is 3.51. The zero-order valence-corrected chi connectivity index (χ0v) is 12.2. The van der Waals surface area contributed by atoms with Crippen molar-refractivity contribution in [1.82, 2.24) is 5.32 Å². The van der Waals surface area contributed by atoms with Gasteiger partial charge in [-0.05, 0) is 54.7 Å². The second-order valence-corrected chi connectivity index (χ2v) is 8.35. The molecule has 0 radical (unpaired) electrons. The van der Waals surface area contributed by atoms with E-state index < -0.39 is 9.84 Å². The summed E-state index contributed by atoms with van der Waals surface area (Å²) in [5.74, 6) is 0.770. The third-order valence-electron chi connectivity index (χ3n) is 4.68. The molecule has 1 atom stereocenters. The van der Waals surface area contributed by atoms with Crippen LogP contribution in [0.15, 0.2) is 29.2 Å². The van der Waals surface area contributed by atoms with Gasteiger partial charge in [0.15, 0.2) is 9.84 Å². The SMILES string of the molecule is CS(=O)(=O)c1ccc(CC2CCC3(CNC3)C2)cc1. The molecule has 2 aliphatic rings.